The summed E-state index contributed by atoms with van der Waals surface area (Å²) in [5.74, 6) is 2.40. The summed E-state index contributed by atoms with van der Waals surface area (Å²) in [5.41, 5.74) is 1.88. The van der Waals surface area contributed by atoms with E-state index >= 15 is 0 Å². The largest absolute Gasteiger partial charge is 0.493 e. The van der Waals surface area contributed by atoms with Crippen molar-refractivity contribution >= 4 is 23.5 Å². The van der Waals surface area contributed by atoms with Crippen LogP contribution in [-0.4, -0.2) is 48.0 Å². The Morgan fingerprint density at radius 3 is 2.97 bits per heavy atom. The predicted molar refractivity (Wildman–Crippen MR) is 126 cm³/mol. The summed E-state index contributed by atoms with van der Waals surface area (Å²) >= 11 is 0. The zero-order chi connectivity index (χ0) is 22.6. The molecule has 1 aromatic rings. The monoisotopic (exact) mass is 453 g/mol. The van der Waals surface area contributed by atoms with Crippen LogP contribution in [0.1, 0.15) is 69.8 Å². The van der Waals surface area contributed by atoms with Crippen LogP contribution in [0.4, 0.5) is 5.69 Å². The van der Waals surface area contributed by atoms with E-state index < -0.39 is 0 Å². The summed E-state index contributed by atoms with van der Waals surface area (Å²) in [5, 5.41) is 9.66. The number of rotatable bonds is 8. The van der Waals surface area contributed by atoms with Crippen molar-refractivity contribution in [3.63, 3.8) is 0 Å². The SMILES string of the molecule is O=C1CN2Cc3c(cccc3OCCCCCC(=O)NC3CCC4CCCCC4N3)N=C2N1. The lowest BCUT2D eigenvalue weighted by atomic mass is 9.79. The quantitative estimate of drug-likeness (QED) is 0.526. The van der Waals surface area contributed by atoms with Gasteiger partial charge < -0.3 is 15.0 Å². The number of fused-ring (bicyclic) bond motifs is 3. The molecule has 0 aromatic heterocycles. The third-order valence-corrected chi connectivity index (χ3v) is 7.36. The second-order valence-electron chi connectivity index (χ2n) is 9.77. The number of carbonyl (C=O) groups is 2. The van der Waals surface area contributed by atoms with Gasteiger partial charge in [-0.25, -0.2) is 4.99 Å². The molecule has 2 saturated heterocycles. The number of ether oxygens (including phenoxy) is 1. The number of benzene rings is 1. The molecular weight excluding hydrogens is 418 g/mol. The van der Waals surface area contributed by atoms with Crippen LogP contribution in [0.3, 0.4) is 0 Å². The first-order valence-corrected chi connectivity index (χ1v) is 12.6. The van der Waals surface area contributed by atoms with Crippen molar-refractivity contribution in [2.75, 3.05) is 13.2 Å². The van der Waals surface area contributed by atoms with Gasteiger partial charge in [0.05, 0.1) is 25.0 Å². The fourth-order valence-corrected chi connectivity index (χ4v) is 5.60. The molecule has 4 aliphatic rings. The van der Waals surface area contributed by atoms with Crippen molar-refractivity contribution in [3.05, 3.63) is 23.8 Å². The Kier molecular flexibility index (Phi) is 6.80. The third-order valence-electron chi connectivity index (χ3n) is 7.36. The van der Waals surface area contributed by atoms with Crippen LogP contribution < -0.4 is 20.7 Å². The van der Waals surface area contributed by atoms with Crippen molar-refractivity contribution in [2.24, 2.45) is 10.9 Å². The van der Waals surface area contributed by atoms with Gasteiger partial charge >= 0.3 is 0 Å². The van der Waals surface area contributed by atoms with Gasteiger partial charge in [-0.15, -0.1) is 0 Å². The van der Waals surface area contributed by atoms with Crippen molar-refractivity contribution in [3.8, 4) is 5.75 Å². The van der Waals surface area contributed by atoms with Crippen LogP contribution in [0, 0.1) is 5.92 Å². The maximum atomic E-state index is 12.4. The molecule has 2 amide bonds. The van der Waals surface area contributed by atoms with Crippen molar-refractivity contribution < 1.29 is 14.3 Å². The number of nitrogens with zero attached hydrogens (tertiary/aromatic N) is 2. The Morgan fingerprint density at radius 1 is 1.12 bits per heavy atom. The fraction of sp³-hybridized carbons (Fsp3) is 0.640. The Morgan fingerprint density at radius 2 is 2.03 bits per heavy atom. The molecule has 3 heterocycles. The Bertz CT molecular complexity index is 917. The highest BCUT2D eigenvalue weighted by atomic mass is 16.5. The van der Waals surface area contributed by atoms with Gasteiger partial charge in [0.15, 0.2) is 0 Å². The lowest BCUT2D eigenvalue weighted by molar-refractivity contribution is -0.122. The first-order valence-electron chi connectivity index (χ1n) is 12.6. The molecule has 8 nitrogen and oxygen atoms in total. The maximum absolute atomic E-state index is 12.4. The highest BCUT2D eigenvalue weighted by Crippen LogP contribution is 2.34. The topological polar surface area (TPSA) is 95.1 Å². The molecule has 0 radical (unpaired) electrons. The summed E-state index contributed by atoms with van der Waals surface area (Å²) in [7, 11) is 0. The fourth-order valence-electron chi connectivity index (χ4n) is 5.60. The number of hydrogen-bond acceptors (Lipinski definition) is 6. The van der Waals surface area contributed by atoms with Crippen LogP contribution in [0.5, 0.6) is 5.75 Å². The molecule has 1 saturated carbocycles. The predicted octanol–water partition coefficient (Wildman–Crippen LogP) is 2.94. The number of guanidine groups is 1. The average molecular weight is 454 g/mol. The van der Waals surface area contributed by atoms with Crippen LogP contribution in [-0.2, 0) is 16.1 Å². The van der Waals surface area contributed by atoms with E-state index in [9.17, 15) is 9.59 Å². The van der Waals surface area contributed by atoms with Crippen molar-refractivity contribution in [1.29, 1.82) is 0 Å². The van der Waals surface area contributed by atoms with Gasteiger partial charge in [0.25, 0.3) is 0 Å². The van der Waals surface area contributed by atoms with E-state index in [1.807, 2.05) is 23.1 Å². The number of carbonyl (C=O) groups excluding carboxylic acids is 2. The lowest BCUT2D eigenvalue weighted by Crippen LogP contribution is -2.56. The molecule has 1 aliphatic carbocycles. The van der Waals surface area contributed by atoms with Crippen LogP contribution in [0.2, 0.25) is 0 Å². The van der Waals surface area contributed by atoms with Crippen molar-refractivity contribution in [1.82, 2.24) is 20.9 Å². The van der Waals surface area contributed by atoms with E-state index in [2.05, 4.69) is 20.9 Å². The smallest absolute Gasteiger partial charge is 0.246 e. The number of piperidine rings is 1. The summed E-state index contributed by atoms with van der Waals surface area (Å²) in [4.78, 5) is 30.5. The molecular formula is C25H35N5O3. The zero-order valence-corrected chi connectivity index (χ0v) is 19.3. The minimum atomic E-state index is -0.0227. The zero-order valence-electron chi connectivity index (χ0n) is 19.3. The lowest BCUT2D eigenvalue weighted by Gasteiger charge is -2.40. The number of unbranched alkanes of at least 4 members (excludes halogenated alkanes) is 2. The molecule has 3 fully saturated rings. The van der Waals surface area contributed by atoms with Crippen LogP contribution in [0.15, 0.2) is 23.2 Å². The molecule has 3 N–H and O–H groups in total. The number of hydrogen-bond donors (Lipinski definition) is 3. The number of nitrogens with one attached hydrogen (secondary N) is 3. The number of aliphatic imine (C=N–C) groups is 1. The second kappa shape index (κ2) is 10.1. The third kappa shape index (κ3) is 5.32. The van der Waals surface area contributed by atoms with Gasteiger partial charge in [-0.1, -0.05) is 18.9 Å². The van der Waals surface area contributed by atoms with Crippen molar-refractivity contribution in [2.45, 2.75) is 83.0 Å². The molecule has 0 spiro atoms. The van der Waals surface area contributed by atoms with E-state index in [-0.39, 0.29) is 18.0 Å². The second-order valence-corrected chi connectivity index (χ2v) is 9.77. The molecule has 1 aromatic carbocycles. The molecule has 33 heavy (non-hydrogen) atoms. The normalized spacial score (nSPS) is 25.9. The molecule has 8 heteroatoms. The minimum absolute atomic E-state index is 0.0227. The molecule has 178 valence electrons. The van der Waals surface area contributed by atoms with Gasteiger partial charge in [0.1, 0.15) is 12.3 Å². The number of amides is 2. The molecule has 3 aliphatic heterocycles. The van der Waals surface area contributed by atoms with Gasteiger partial charge in [0.2, 0.25) is 17.8 Å². The first-order chi connectivity index (χ1) is 16.2. The summed E-state index contributed by atoms with van der Waals surface area (Å²) < 4.78 is 6.05. The Balaban J connectivity index is 0.998. The molecule has 0 bridgehead atoms. The van der Waals surface area contributed by atoms with Gasteiger partial charge in [-0.3, -0.25) is 20.2 Å². The standard InChI is InChI=1S/C25H35N5O3/c31-23(28-22-13-12-17-7-3-4-8-19(17)26-22)11-2-1-5-14-33-21-10-6-9-20-18(21)15-30-16-24(32)29-25(30)27-20/h6,9-10,17,19,22,26H,1-5,7-8,11-16H2,(H,28,31)(H,27,29,32). The van der Waals surface area contributed by atoms with E-state index in [4.69, 9.17) is 4.74 Å². The van der Waals surface area contributed by atoms with Crippen LogP contribution >= 0.6 is 0 Å². The average Bonchev–Trinajstić information content (AvgIpc) is 3.18. The highest BCUT2D eigenvalue weighted by molar-refractivity contribution is 6.05. The summed E-state index contributed by atoms with van der Waals surface area (Å²) in [6, 6.07) is 6.44. The van der Waals surface area contributed by atoms with E-state index in [0.29, 0.717) is 38.1 Å². The summed E-state index contributed by atoms with van der Waals surface area (Å²) in [6.45, 7) is 1.57. The minimum Gasteiger partial charge on any atom is -0.493 e. The molecule has 3 atom stereocenters. The summed E-state index contributed by atoms with van der Waals surface area (Å²) in [6.07, 6.45) is 11.0. The Hall–Kier alpha value is -2.61. The van der Waals surface area contributed by atoms with Crippen LogP contribution in [0.25, 0.3) is 0 Å². The van der Waals surface area contributed by atoms with E-state index in [0.717, 1.165) is 48.6 Å². The molecule has 3 unspecified atom stereocenters. The Labute approximate surface area is 195 Å². The van der Waals surface area contributed by atoms with Gasteiger partial charge in [-0.2, -0.15) is 0 Å². The van der Waals surface area contributed by atoms with Gasteiger partial charge in [0, 0.05) is 18.0 Å². The van der Waals surface area contributed by atoms with E-state index in [1.165, 1.54) is 32.1 Å². The maximum Gasteiger partial charge on any atom is 0.246 e. The highest BCUT2D eigenvalue weighted by Gasteiger charge is 2.32. The van der Waals surface area contributed by atoms with E-state index in [1.54, 1.807) is 0 Å². The van der Waals surface area contributed by atoms with Gasteiger partial charge in [-0.05, 0) is 63.0 Å². The first kappa shape index (κ1) is 22.2. The molecule has 5 rings (SSSR count).